The molecule has 1 saturated heterocycles. The van der Waals surface area contributed by atoms with E-state index in [9.17, 15) is 0 Å². The molecule has 1 aromatic carbocycles. The van der Waals surface area contributed by atoms with Crippen LogP contribution in [-0.4, -0.2) is 42.0 Å². The second-order valence-electron chi connectivity index (χ2n) is 11.0. The third-order valence-corrected chi connectivity index (χ3v) is 7.94. The SMILES string of the molecule is CCCCCOCCCCCC1CCc2cc(-c3ncc(OCC4OC4CCCC)cn3)c(F)c(F)c2C1(F)F. The first-order chi connectivity index (χ1) is 19.4. The van der Waals surface area contributed by atoms with E-state index in [2.05, 4.69) is 23.8 Å². The van der Waals surface area contributed by atoms with E-state index < -0.39 is 29.0 Å². The van der Waals surface area contributed by atoms with E-state index in [1.807, 2.05) is 0 Å². The minimum absolute atomic E-state index is 0.0400. The third-order valence-electron chi connectivity index (χ3n) is 7.94. The van der Waals surface area contributed by atoms with E-state index in [-0.39, 0.29) is 48.4 Å². The highest BCUT2D eigenvalue weighted by molar-refractivity contribution is 5.60. The zero-order chi connectivity index (χ0) is 28.5. The van der Waals surface area contributed by atoms with Gasteiger partial charge in [0.15, 0.2) is 23.2 Å². The molecule has 0 bridgehead atoms. The molecule has 1 fully saturated rings. The van der Waals surface area contributed by atoms with Crippen LogP contribution >= 0.6 is 0 Å². The summed E-state index contributed by atoms with van der Waals surface area (Å²) in [5.74, 6) is -7.00. The number of fused-ring (bicyclic) bond motifs is 1. The van der Waals surface area contributed by atoms with Crippen molar-refractivity contribution in [1.29, 1.82) is 0 Å². The molecule has 1 aliphatic heterocycles. The fourth-order valence-corrected chi connectivity index (χ4v) is 5.46. The van der Waals surface area contributed by atoms with E-state index in [1.54, 1.807) is 0 Å². The van der Waals surface area contributed by atoms with Crippen LogP contribution in [0, 0.1) is 17.6 Å². The predicted octanol–water partition coefficient (Wildman–Crippen LogP) is 8.18. The number of hydrogen-bond acceptors (Lipinski definition) is 5. The van der Waals surface area contributed by atoms with Gasteiger partial charge in [-0.05, 0) is 50.2 Å². The molecule has 0 amide bonds. The lowest BCUT2D eigenvalue weighted by atomic mass is 9.77. The van der Waals surface area contributed by atoms with Crippen molar-refractivity contribution in [2.24, 2.45) is 5.92 Å². The second kappa shape index (κ2) is 14.6. The summed E-state index contributed by atoms with van der Waals surface area (Å²) in [6.07, 6.45) is 12.4. The monoisotopic (exact) mass is 566 g/mol. The highest BCUT2D eigenvalue weighted by atomic mass is 19.3. The number of alkyl halides is 2. The van der Waals surface area contributed by atoms with Crippen LogP contribution in [0.15, 0.2) is 18.5 Å². The van der Waals surface area contributed by atoms with Crippen LogP contribution in [0.1, 0.15) is 95.6 Å². The molecule has 5 nitrogen and oxygen atoms in total. The maximum absolute atomic E-state index is 15.4. The van der Waals surface area contributed by atoms with Crippen molar-refractivity contribution in [3.63, 3.8) is 0 Å². The summed E-state index contributed by atoms with van der Waals surface area (Å²) < 4.78 is 77.9. The van der Waals surface area contributed by atoms with Crippen molar-refractivity contribution in [3.8, 4) is 17.1 Å². The van der Waals surface area contributed by atoms with Gasteiger partial charge in [-0.2, -0.15) is 0 Å². The summed E-state index contributed by atoms with van der Waals surface area (Å²) in [5.41, 5.74) is -0.920. The van der Waals surface area contributed by atoms with Gasteiger partial charge in [0.1, 0.15) is 12.7 Å². The molecule has 9 heteroatoms. The van der Waals surface area contributed by atoms with Crippen LogP contribution in [0.3, 0.4) is 0 Å². The van der Waals surface area contributed by atoms with Crippen molar-refractivity contribution in [2.45, 2.75) is 109 Å². The number of hydrogen-bond donors (Lipinski definition) is 0. The Balaban J connectivity index is 1.32. The summed E-state index contributed by atoms with van der Waals surface area (Å²) in [6, 6.07) is 1.28. The lowest BCUT2D eigenvalue weighted by Crippen LogP contribution is -2.33. The number of benzene rings is 1. The Morgan fingerprint density at radius 2 is 1.62 bits per heavy atom. The number of rotatable bonds is 17. The van der Waals surface area contributed by atoms with Gasteiger partial charge in [-0.25, -0.2) is 27.5 Å². The Bertz CT molecular complexity index is 1080. The number of ether oxygens (including phenoxy) is 3. The Morgan fingerprint density at radius 3 is 2.35 bits per heavy atom. The molecule has 2 heterocycles. The Morgan fingerprint density at radius 1 is 0.900 bits per heavy atom. The quantitative estimate of drug-likeness (QED) is 0.110. The largest absolute Gasteiger partial charge is 0.488 e. The molecule has 0 saturated carbocycles. The minimum atomic E-state index is -3.44. The van der Waals surface area contributed by atoms with Gasteiger partial charge in [-0.1, -0.05) is 52.4 Å². The minimum Gasteiger partial charge on any atom is -0.488 e. The number of nitrogens with zero attached hydrogens (tertiary/aromatic N) is 2. The number of unbranched alkanes of at least 4 members (excludes halogenated alkanes) is 5. The fraction of sp³-hybridized carbons (Fsp3) is 0.677. The molecule has 40 heavy (non-hydrogen) atoms. The smallest absolute Gasteiger partial charge is 0.279 e. The zero-order valence-corrected chi connectivity index (χ0v) is 23.7. The third kappa shape index (κ3) is 7.72. The molecule has 4 rings (SSSR count). The molecule has 1 aromatic heterocycles. The molecule has 3 unspecified atom stereocenters. The van der Waals surface area contributed by atoms with E-state index in [0.29, 0.717) is 25.4 Å². The second-order valence-corrected chi connectivity index (χ2v) is 11.0. The number of epoxide rings is 1. The molecule has 0 N–H and O–H groups in total. The normalized spacial score (nSPS) is 21.3. The van der Waals surface area contributed by atoms with Crippen LogP contribution in [0.5, 0.6) is 5.75 Å². The summed E-state index contributed by atoms with van der Waals surface area (Å²) in [4.78, 5) is 8.24. The van der Waals surface area contributed by atoms with Crippen LogP contribution < -0.4 is 4.74 Å². The highest BCUT2D eigenvalue weighted by Gasteiger charge is 2.48. The first kappa shape index (κ1) is 30.7. The zero-order valence-electron chi connectivity index (χ0n) is 23.7. The van der Waals surface area contributed by atoms with Crippen LogP contribution in [0.2, 0.25) is 0 Å². The average molecular weight is 567 g/mol. The van der Waals surface area contributed by atoms with Crippen molar-refractivity contribution >= 4 is 0 Å². The van der Waals surface area contributed by atoms with Crippen molar-refractivity contribution < 1.29 is 31.8 Å². The number of aromatic nitrogens is 2. The van der Waals surface area contributed by atoms with Gasteiger partial charge in [0, 0.05) is 19.1 Å². The Labute approximate surface area is 235 Å². The van der Waals surface area contributed by atoms with Crippen molar-refractivity contribution in [3.05, 3.63) is 41.2 Å². The molecule has 222 valence electrons. The lowest BCUT2D eigenvalue weighted by Gasteiger charge is -2.34. The Hall–Kier alpha value is -2.26. The first-order valence-corrected chi connectivity index (χ1v) is 14.9. The highest BCUT2D eigenvalue weighted by Crippen LogP contribution is 2.49. The molecular formula is C31H42F4N2O3. The maximum Gasteiger partial charge on any atom is 0.279 e. The predicted molar refractivity (Wildman–Crippen MR) is 146 cm³/mol. The van der Waals surface area contributed by atoms with Gasteiger partial charge in [-0.3, -0.25) is 0 Å². The van der Waals surface area contributed by atoms with Crippen molar-refractivity contribution in [1.82, 2.24) is 9.97 Å². The molecular weight excluding hydrogens is 524 g/mol. The standard InChI is InChI=1S/C31H42F4N2O3/c1-3-5-9-15-38-16-10-7-8-11-22-14-13-21-17-24(28(32)29(33)27(21)31(22,34)35)30-36-18-23(19-37-30)39-20-26-25(40-26)12-6-4-2/h17-19,22,25-26H,3-16,20H2,1-2H3. The van der Waals surface area contributed by atoms with Crippen LogP contribution in [-0.2, 0) is 21.8 Å². The molecule has 0 radical (unpaired) electrons. The van der Waals surface area contributed by atoms with E-state index >= 15 is 17.6 Å². The van der Waals surface area contributed by atoms with Gasteiger partial charge < -0.3 is 14.2 Å². The number of aryl methyl sites for hydroxylation is 1. The maximum atomic E-state index is 15.4. The summed E-state index contributed by atoms with van der Waals surface area (Å²) in [5, 5.41) is 0. The first-order valence-electron chi connectivity index (χ1n) is 14.9. The van der Waals surface area contributed by atoms with Crippen LogP contribution in [0.4, 0.5) is 17.6 Å². The number of halogens is 4. The van der Waals surface area contributed by atoms with Gasteiger partial charge >= 0.3 is 0 Å². The van der Waals surface area contributed by atoms with Crippen LogP contribution in [0.25, 0.3) is 11.4 Å². The summed E-state index contributed by atoms with van der Waals surface area (Å²) in [6.45, 7) is 5.98. The Kier molecular flexibility index (Phi) is 11.2. The van der Waals surface area contributed by atoms with E-state index in [0.717, 1.165) is 58.0 Å². The molecule has 3 atom stereocenters. The topological polar surface area (TPSA) is 56.8 Å². The fourth-order valence-electron chi connectivity index (χ4n) is 5.46. The molecule has 2 aromatic rings. The summed E-state index contributed by atoms with van der Waals surface area (Å²) >= 11 is 0. The molecule has 2 aliphatic rings. The van der Waals surface area contributed by atoms with Gasteiger partial charge in [0.25, 0.3) is 5.92 Å². The molecule has 0 spiro atoms. The lowest BCUT2D eigenvalue weighted by molar-refractivity contribution is -0.0823. The van der Waals surface area contributed by atoms with E-state index in [4.69, 9.17) is 14.2 Å². The van der Waals surface area contributed by atoms with Gasteiger partial charge in [0.05, 0.1) is 29.6 Å². The average Bonchev–Trinajstić information content (AvgIpc) is 3.71. The van der Waals surface area contributed by atoms with Gasteiger partial charge in [-0.15, -0.1) is 0 Å². The summed E-state index contributed by atoms with van der Waals surface area (Å²) in [7, 11) is 0. The van der Waals surface area contributed by atoms with E-state index in [1.165, 1.54) is 18.5 Å². The molecule has 1 aliphatic carbocycles. The van der Waals surface area contributed by atoms with Crippen molar-refractivity contribution in [2.75, 3.05) is 19.8 Å². The van der Waals surface area contributed by atoms with Gasteiger partial charge in [0.2, 0.25) is 0 Å².